The van der Waals surface area contributed by atoms with E-state index in [1.54, 1.807) is 28.5 Å². The molecule has 0 saturated carbocycles. The fourth-order valence-corrected chi connectivity index (χ4v) is 4.07. The topological polar surface area (TPSA) is 30.9 Å². The highest BCUT2D eigenvalue weighted by molar-refractivity contribution is 5.98. The second-order valence-electron chi connectivity index (χ2n) is 7.62. The van der Waals surface area contributed by atoms with Gasteiger partial charge in [-0.1, -0.05) is 6.07 Å². The highest BCUT2D eigenvalue weighted by atomic mass is 19.4. The van der Waals surface area contributed by atoms with Gasteiger partial charge in [0.05, 0.1) is 12.1 Å². The van der Waals surface area contributed by atoms with Gasteiger partial charge in [-0.05, 0) is 45.0 Å². The Bertz CT molecular complexity index is 849. The van der Waals surface area contributed by atoms with Crippen LogP contribution in [0.2, 0.25) is 0 Å². The van der Waals surface area contributed by atoms with Gasteiger partial charge in [-0.25, -0.2) is 0 Å². The van der Waals surface area contributed by atoms with E-state index in [2.05, 4.69) is 6.92 Å². The predicted molar refractivity (Wildman–Crippen MR) is 101 cm³/mol. The number of piperazine rings is 1. The maximum atomic E-state index is 13.1. The molecule has 0 aliphatic carbocycles. The first-order chi connectivity index (χ1) is 13.2. The van der Waals surface area contributed by atoms with Gasteiger partial charge in [0.25, 0.3) is 0 Å². The lowest BCUT2D eigenvalue weighted by Gasteiger charge is -2.28. The quantitative estimate of drug-likeness (QED) is 0.730. The number of aryl methyl sites for hydroxylation is 1. The summed E-state index contributed by atoms with van der Waals surface area (Å²) in [6.45, 7) is 11.4. The highest BCUT2D eigenvalue weighted by Crippen LogP contribution is 2.31. The van der Waals surface area contributed by atoms with Gasteiger partial charge in [0.1, 0.15) is 32.7 Å². The fourth-order valence-electron chi connectivity index (χ4n) is 4.07. The van der Waals surface area contributed by atoms with Crippen molar-refractivity contribution in [2.24, 2.45) is 0 Å². The van der Waals surface area contributed by atoms with Crippen molar-refractivity contribution in [1.29, 1.82) is 0 Å². The van der Waals surface area contributed by atoms with Crippen molar-refractivity contribution < 1.29 is 27.8 Å². The Morgan fingerprint density at radius 2 is 1.71 bits per heavy atom. The van der Waals surface area contributed by atoms with Crippen molar-refractivity contribution in [2.75, 3.05) is 39.3 Å². The second-order valence-corrected chi connectivity index (χ2v) is 7.62. The third-order valence-electron chi connectivity index (χ3n) is 5.74. The zero-order chi connectivity index (χ0) is 20.5. The molecule has 152 valence electrons. The van der Waals surface area contributed by atoms with E-state index in [1.165, 1.54) is 11.0 Å². The van der Waals surface area contributed by atoms with Gasteiger partial charge in [0.15, 0.2) is 0 Å². The molecule has 3 rings (SSSR count). The summed E-state index contributed by atoms with van der Waals surface area (Å²) >= 11 is 0. The lowest BCUT2D eigenvalue weighted by molar-refractivity contribution is -1.01. The molecule has 1 saturated heterocycles. The van der Waals surface area contributed by atoms with Crippen LogP contribution in [0.15, 0.2) is 30.3 Å². The molecule has 0 spiro atoms. The number of aromatic nitrogens is 1. The van der Waals surface area contributed by atoms with Crippen molar-refractivity contribution in [3.8, 4) is 5.69 Å². The molecular formula is C21H28F3N3O+2. The van der Waals surface area contributed by atoms with Crippen LogP contribution in [0.1, 0.15) is 34.2 Å². The first-order valence-corrected chi connectivity index (χ1v) is 9.77. The number of likely N-dealkylation sites (N-methyl/N-ethyl adjacent to an activating group) is 1. The Hall–Kier alpha value is -2.12. The maximum absolute atomic E-state index is 13.1. The van der Waals surface area contributed by atoms with E-state index < -0.39 is 11.7 Å². The minimum atomic E-state index is -4.39. The van der Waals surface area contributed by atoms with Gasteiger partial charge in [0.2, 0.25) is 5.78 Å². The second kappa shape index (κ2) is 8.09. The predicted octanol–water partition coefficient (Wildman–Crippen LogP) is 1.10. The molecule has 0 unspecified atom stereocenters. The van der Waals surface area contributed by atoms with Crippen molar-refractivity contribution in [2.45, 2.75) is 26.9 Å². The number of hydrogen-bond acceptors (Lipinski definition) is 1. The number of nitrogens with one attached hydrogen (secondary N) is 2. The van der Waals surface area contributed by atoms with Gasteiger partial charge in [0, 0.05) is 22.6 Å². The lowest BCUT2D eigenvalue weighted by atomic mass is 10.1. The van der Waals surface area contributed by atoms with E-state index in [0.717, 1.165) is 50.6 Å². The summed E-state index contributed by atoms with van der Waals surface area (Å²) in [4.78, 5) is 15.7. The van der Waals surface area contributed by atoms with E-state index in [4.69, 9.17) is 0 Å². The average molecular weight is 395 g/mol. The number of Topliss-reactive ketones (excluding diaryl/α,β-unsaturated/α-hetero) is 1. The summed E-state index contributed by atoms with van der Waals surface area (Å²) in [7, 11) is 0. The van der Waals surface area contributed by atoms with Crippen molar-refractivity contribution in [3.63, 3.8) is 0 Å². The molecule has 0 amide bonds. The van der Waals surface area contributed by atoms with Crippen LogP contribution in [-0.4, -0.2) is 49.6 Å². The first-order valence-electron chi connectivity index (χ1n) is 9.77. The van der Waals surface area contributed by atoms with E-state index in [9.17, 15) is 18.0 Å². The third-order valence-corrected chi connectivity index (χ3v) is 5.74. The molecule has 4 nitrogen and oxygen atoms in total. The molecule has 2 aromatic rings. The van der Waals surface area contributed by atoms with Gasteiger partial charge >= 0.3 is 6.18 Å². The number of carbonyl (C=O) groups is 1. The third kappa shape index (κ3) is 4.31. The Morgan fingerprint density at radius 3 is 2.32 bits per heavy atom. The van der Waals surface area contributed by atoms with Crippen molar-refractivity contribution in [1.82, 2.24) is 4.57 Å². The number of nitrogens with zero attached hydrogens (tertiary/aromatic N) is 1. The first kappa shape index (κ1) is 20.6. The number of benzene rings is 1. The fraction of sp³-hybridized carbons (Fsp3) is 0.476. The molecule has 1 fully saturated rings. The summed E-state index contributed by atoms with van der Waals surface area (Å²) in [6.07, 6.45) is -4.39. The Balaban J connectivity index is 1.81. The summed E-state index contributed by atoms with van der Waals surface area (Å²) < 4.78 is 40.9. The molecule has 2 heterocycles. The molecule has 28 heavy (non-hydrogen) atoms. The summed E-state index contributed by atoms with van der Waals surface area (Å²) in [5, 5.41) is 0. The number of ketones is 1. The van der Waals surface area contributed by atoms with Crippen LogP contribution in [0, 0.1) is 13.8 Å². The van der Waals surface area contributed by atoms with Crippen LogP contribution in [-0.2, 0) is 6.18 Å². The van der Waals surface area contributed by atoms with E-state index in [-0.39, 0.29) is 5.78 Å². The average Bonchev–Trinajstić information content (AvgIpc) is 2.96. The minimum absolute atomic E-state index is 0.0567. The molecular weight excluding hydrogens is 367 g/mol. The zero-order valence-electron chi connectivity index (χ0n) is 16.6. The number of rotatable bonds is 5. The zero-order valence-corrected chi connectivity index (χ0v) is 16.6. The maximum Gasteiger partial charge on any atom is 0.416 e. The van der Waals surface area contributed by atoms with E-state index >= 15 is 0 Å². The molecule has 1 aliphatic rings. The number of carbonyl (C=O) groups excluding carboxylic acids is 1. The monoisotopic (exact) mass is 395 g/mol. The molecule has 1 aromatic carbocycles. The number of hydrogen-bond donors (Lipinski definition) is 2. The van der Waals surface area contributed by atoms with Crippen molar-refractivity contribution in [3.05, 3.63) is 52.8 Å². The summed E-state index contributed by atoms with van der Waals surface area (Å²) in [6, 6.07) is 7.03. The van der Waals surface area contributed by atoms with Gasteiger partial charge < -0.3 is 14.4 Å². The van der Waals surface area contributed by atoms with Gasteiger partial charge in [-0.15, -0.1) is 0 Å². The smallest absolute Gasteiger partial charge is 0.326 e. The van der Waals surface area contributed by atoms with Crippen LogP contribution in [0.25, 0.3) is 5.69 Å². The highest BCUT2D eigenvalue weighted by Gasteiger charge is 2.31. The molecule has 1 aromatic heterocycles. The summed E-state index contributed by atoms with van der Waals surface area (Å²) in [5.74, 6) is 0.0567. The molecule has 1 aliphatic heterocycles. The molecule has 2 N–H and O–H groups in total. The SMILES string of the molecule is CC[NH+]1CC[NH+](CC(=O)c2cc(C)n(-c3cccc(C(F)(F)F)c3)c2C)CC1. The number of halogens is 3. The Morgan fingerprint density at radius 1 is 1.07 bits per heavy atom. The van der Waals surface area contributed by atoms with Crippen LogP contribution >= 0.6 is 0 Å². The van der Waals surface area contributed by atoms with E-state index in [0.29, 0.717) is 23.5 Å². The molecule has 0 bridgehead atoms. The van der Waals surface area contributed by atoms with Crippen LogP contribution in [0.3, 0.4) is 0 Å². The van der Waals surface area contributed by atoms with E-state index in [1.807, 2.05) is 6.92 Å². The number of quaternary nitrogens is 2. The standard InChI is InChI=1S/C21H26F3N3O/c1-4-25-8-10-26(11-9-25)14-20(28)19-12-15(2)27(16(19)3)18-7-5-6-17(13-18)21(22,23)24/h5-7,12-13H,4,8-11,14H2,1-3H3/p+2. The van der Waals surface area contributed by atoms with Gasteiger partial charge in [-0.3, -0.25) is 4.79 Å². The normalized spacial score (nSPS) is 20.4. The molecule has 0 radical (unpaired) electrons. The molecule has 0 atom stereocenters. The Kier molecular flexibility index (Phi) is 5.95. The van der Waals surface area contributed by atoms with Gasteiger partial charge in [-0.2, -0.15) is 13.2 Å². The summed E-state index contributed by atoms with van der Waals surface area (Å²) in [5.41, 5.74) is 1.80. The molecule has 7 heteroatoms. The number of alkyl halides is 3. The largest absolute Gasteiger partial charge is 0.416 e. The Labute approximate surface area is 163 Å². The van der Waals surface area contributed by atoms with Crippen LogP contribution in [0.4, 0.5) is 13.2 Å². The van der Waals surface area contributed by atoms with Crippen LogP contribution in [0.5, 0.6) is 0 Å². The lowest BCUT2D eigenvalue weighted by Crippen LogP contribution is -3.28. The van der Waals surface area contributed by atoms with Crippen molar-refractivity contribution >= 4 is 5.78 Å². The minimum Gasteiger partial charge on any atom is -0.326 e. The van der Waals surface area contributed by atoms with Crippen LogP contribution < -0.4 is 9.80 Å².